The Morgan fingerprint density at radius 2 is 1.94 bits per heavy atom. The summed E-state index contributed by atoms with van der Waals surface area (Å²) in [5.74, 6) is 0.859. The van der Waals surface area contributed by atoms with E-state index < -0.39 is 0 Å². The highest BCUT2D eigenvalue weighted by molar-refractivity contribution is 5.81. The fourth-order valence-electron chi connectivity index (χ4n) is 2.42. The average Bonchev–Trinajstić information content (AvgIpc) is 2.27. The van der Waals surface area contributed by atoms with E-state index in [-0.39, 0.29) is 11.3 Å². The Hall–Kier alpha value is -0.570. The van der Waals surface area contributed by atoms with Crippen molar-refractivity contribution in [2.45, 2.75) is 52.5 Å². The van der Waals surface area contributed by atoms with Crippen LogP contribution >= 0.6 is 0 Å². The first-order valence-electron chi connectivity index (χ1n) is 6.43. The molecular weight excluding hydrogens is 200 g/mol. The van der Waals surface area contributed by atoms with Crippen LogP contribution in [0.3, 0.4) is 0 Å². The largest absolute Gasteiger partial charge is 0.359 e. The second-order valence-electron chi connectivity index (χ2n) is 5.71. The Balaban J connectivity index is 2.40. The Morgan fingerprint density at radius 3 is 2.50 bits per heavy atom. The first-order chi connectivity index (χ1) is 7.47. The molecule has 0 bridgehead atoms. The van der Waals surface area contributed by atoms with Crippen molar-refractivity contribution < 1.29 is 4.79 Å². The highest BCUT2D eigenvalue weighted by atomic mass is 16.2. The van der Waals surface area contributed by atoms with Crippen molar-refractivity contribution in [2.24, 2.45) is 11.3 Å². The molecule has 1 aliphatic rings. The van der Waals surface area contributed by atoms with Gasteiger partial charge in [-0.1, -0.05) is 19.8 Å². The maximum absolute atomic E-state index is 11.6. The summed E-state index contributed by atoms with van der Waals surface area (Å²) in [6.45, 7) is 7.06. The third-order valence-electron chi connectivity index (χ3n) is 3.76. The van der Waals surface area contributed by atoms with E-state index >= 15 is 0 Å². The molecule has 2 unspecified atom stereocenters. The van der Waals surface area contributed by atoms with Crippen LogP contribution in [0.1, 0.15) is 46.5 Å². The zero-order valence-electron chi connectivity index (χ0n) is 11.1. The van der Waals surface area contributed by atoms with E-state index in [0.29, 0.717) is 6.04 Å². The quantitative estimate of drug-likeness (QED) is 0.769. The number of amides is 1. The van der Waals surface area contributed by atoms with Crippen LogP contribution in [0, 0.1) is 11.3 Å². The summed E-state index contributed by atoms with van der Waals surface area (Å²) in [6, 6.07) is 0.595. The van der Waals surface area contributed by atoms with Gasteiger partial charge in [-0.25, -0.2) is 0 Å². The average molecular weight is 226 g/mol. The molecule has 1 rings (SSSR count). The van der Waals surface area contributed by atoms with E-state index in [0.717, 1.165) is 12.5 Å². The lowest BCUT2D eigenvalue weighted by Crippen LogP contribution is -2.47. The van der Waals surface area contributed by atoms with Gasteiger partial charge in [0.2, 0.25) is 5.91 Å². The fourth-order valence-corrected chi connectivity index (χ4v) is 2.42. The summed E-state index contributed by atoms with van der Waals surface area (Å²) < 4.78 is 0. The number of carbonyl (C=O) groups is 1. The van der Waals surface area contributed by atoms with Crippen LogP contribution in [0.2, 0.25) is 0 Å². The normalized spacial score (nSPS) is 26.5. The maximum Gasteiger partial charge on any atom is 0.226 e. The lowest BCUT2D eigenvalue weighted by molar-refractivity contribution is -0.128. The molecule has 0 aliphatic heterocycles. The summed E-state index contributed by atoms with van der Waals surface area (Å²) in [4.78, 5) is 11.6. The van der Waals surface area contributed by atoms with Gasteiger partial charge in [0.1, 0.15) is 0 Å². The number of hydrogen-bond donors (Lipinski definition) is 2. The maximum atomic E-state index is 11.6. The van der Waals surface area contributed by atoms with Gasteiger partial charge in [-0.3, -0.25) is 4.79 Å². The summed E-state index contributed by atoms with van der Waals surface area (Å²) in [5, 5.41) is 6.29. The van der Waals surface area contributed by atoms with Crippen LogP contribution in [0.5, 0.6) is 0 Å². The number of hydrogen-bond acceptors (Lipinski definition) is 2. The van der Waals surface area contributed by atoms with Crippen molar-refractivity contribution in [3.05, 3.63) is 0 Å². The molecular formula is C13H26N2O. The van der Waals surface area contributed by atoms with Crippen LogP contribution in [0.4, 0.5) is 0 Å². The molecule has 0 spiro atoms. The minimum atomic E-state index is -0.314. The summed E-state index contributed by atoms with van der Waals surface area (Å²) in [5.41, 5.74) is -0.314. The SMILES string of the molecule is CNC(=O)C(C)(C)CNC1CCCCC1C. The van der Waals surface area contributed by atoms with Gasteiger partial charge in [0.05, 0.1) is 5.41 Å². The summed E-state index contributed by atoms with van der Waals surface area (Å²) >= 11 is 0. The first kappa shape index (κ1) is 13.5. The molecule has 0 aromatic rings. The van der Waals surface area contributed by atoms with Crippen molar-refractivity contribution in [2.75, 3.05) is 13.6 Å². The lowest BCUT2D eigenvalue weighted by Gasteiger charge is -2.33. The van der Waals surface area contributed by atoms with Crippen molar-refractivity contribution in [1.29, 1.82) is 0 Å². The van der Waals surface area contributed by atoms with Crippen LogP contribution < -0.4 is 10.6 Å². The van der Waals surface area contributed by atoms with Gasteiger partial charge in [0.15, 0.2) is 0 Å². The van der Waals surface area contributed by atoms with E-state index in [1.165, 1.54) is 25.7 Å². The number of carbonyl (C=O) groups excluding carboxylic acids is 1. The predicted molar refractivity (Wildman–Crippen MR) is 67.3 cm³/mol. The molecule has 3 heteroatoms. The second kappa shape index (κ2) is 5.67. The smallest absolute Gasteiger partial charge is 0.226 e. The lowest BCUT2D eigenvalue weighted by atomic mass is 9.84. The van der Waals surface area contributed by atoms with Gasteiger partial charge in [-0.2, -0.15) is 0 Å². The molecule has 0 radical (unpaired) electrons. The highest BCUT2D eigenvalue weighted by Crippen LogP contribution is 2.24. The minimum absolute atomic E-state index is 0.114. The topological polar surface area (TPSA) is 41.1 Å². The fraction of sp³-hybridized carbons (Fsp3) is 0.923. The minimum Gasteiger partial charge on any atom is -0.359 e. The molecule has 2 N–H and O–H groups in total. The second-order valence-corrected chi connectivity index (χ2v) is 5.71. The zero-order chi connectivity index (χ0) is 12.2. The summed E-state index contributed by atoms with van der Waals surface area (Å²) in [6.07, 6.45) is 5.25. The molecule has 0 heterocycles. The Labute approximate surface area is 99.4 Å². The molecule has 1 fully saturated rings. The number of rotatable bonds is 4. The predicted octanol–water partition coefficient (Wildman–Crippen LogP) is 1.93. The zero-order valence-corrected chi connectivity index (χ0v) is 11.1. The number of nitrogens with one attached hydrogen (secondary N) is 2. The van der Waals surface area contributed by atoms with Gasteiger partial charge >= 0.3 is 0 Å². The van der Waals surface area contributed by atoms with Crippen molar-refractivity contribution in [3.63, 3.8) is 0 Å². The van der Waals surface area contributed by atoms with Crippen LogP contribution in [-0.4, -0.2) is 25.5 Å². The molecule has 0 saturated heterocycles. The van der Waals surface area contributed by atoms with Crippen molar-refractivity contribution in [1.82, 2.24) is 10.6 Å². The molecule has 2 atom stereocenters. The van der Waals surface area contributed by atoms with E-state index in [4.69, 9.17) is 0 Å². The molecule has 0 aromatic heterocycles. The van der Waals surface area contributed by atoms with E-state index in [2.05, 4.69) is 17.6 Å². The van der Waals surface area contributed by atoms with Gasteiger partial charge in [-0.05, 0) is 32.6 Å². The van der Waals surface area contributed by atoms with Gasteiger partial charge < -0.3 is 10.6 Å². The molecule has 94 valence electrons. The Kier molecular flexibility index (Phi) is 4.78. The van der Waals surface area contributed by atoms with Crippen LogP contribution in [-0.2, 0) is 4.79 Å². The third-order valence-corrected chi connectivity index (χ3v) is 3.76. The Bertz CT molecular complexity index is 238. The van der Waals surface area contributed by atoms with Gasteiger partial charge in [-0.15, -0.1) is 0 Å². The van der Waals surface area contributed by atoms with E-state index in [1.807, 2.05) is 13.8 Å². The highest BCUT2D eigenvalue weighted by Gasteiger charge is 2.29. The third kappa shape index (κ3) is 3.48. The van der Waals surface area contributed by atoms with Crippen molar-refractivity contribution in [3.8, 4) is 0 Å². The molecule has 1 saturated carbocycles. The van der Waals surface area contributed by atoms with Crippen LogP contribution in [0.25, 0.3) is 0 Å². The monoisotopic (exact) mass is 226 g/mol. The van der Waals surface area contributed by atoms with Gasteiger partial charge in [0.25, 0.3) is 0 Å². The molecule has 1 aliphatic carbocycles. The van der Waals surface area contributed by atoms with E-state index in [1.54, 1.807) is 7.05 Å². The van der Waals surface area contributed by atoms with Gasteiger partial charge in [0, 0.05) is 19.6 Å². The standard InChI is InChI=1S/C13H26N2O/c1-10-7-5-6-8-11(10)15-9-13(2,3)12(16)14-4/h10-11,15H,5-9H2,1-4H3,(H,14,16). The molecule has 3 nitrogen and oxygen atoms in total. The molecule has 1 amide bonds. The summed E-state index contributed by atoms with van der Waals surface area (Å²) in [7, 11) is 1.70. The Morgan fingerprint density at radius 1 is 1.31 bits per heavy atom. The van der Waals surface area contributed by atoms with Crippen LogP contribution in [0.15, 0.2) is 0 Å². The first-order valence-corrected chi connectivity index (χ1v) is 6.43. The molecule has 0 aromatic carbocycles. The molecule has 16 heavy (non-hydrogen) atoms. The van der Waals surface area contributed by atoms with E-state index in [9.17, 15) is 4.79 Å². The van der Waals surface area contributed by atoms with Crippen molar-refractivity contribution >= 4 is 5.91 Å².